The summed E-state index contributed by atoms with van der Waals surface area (Å²) in [7, 11) is 0. The predicted octanol–water partition coefficient (Wildman–Crippen LogP) is 1.16. The first-order valence-corrected chi connectivity index (χ1v) is 4.04. The maximum absolute atomic E-state index is 11.3. The third-order valence-electron chi connectivity index (χ3n) is 1.42. The Hall–Kier alpha value is -0.610. The highest BCUT2D eigenvalue weighted by Crippen LogP contribution is 2.06. The van der Waals surface area contributed by atoms with E-state index in [1.165, 1.54) is 0 Å². The molecule has 0 fully saturated rings. The van der Waals surface area contributed by atoms with Crippen LogP contribution in [0.2, 0.25) is 0 Å². The molecule has 0 saturated carbocycles. The smallest absolute Gasteiger partial charge is 0.200 e. The molecule has 0 bridgehead atoms. The molecule has 1 atom stereocenters. The van der Waals surface area contributed by atoms with Gasteiger partial charge in [0.1, 0.15) is 0 Å². The Morgan fingerprint density at radius 3 is 2.73 bits per heavy atom. The van der Waals surface area contributed by atoms with Gasteiger partial charge in [-0.2, -0.15) is 0 Å². The minimum atomic E-state index is -0.226. The van der Waals surface area contributed by atoms with Crippen molar-refractivity contribution in [3.63, 3.8) is 0 Å². The molecule has 4 heteroatoms. The molecule has 3 N–H and O–H groups in total. The molecule has 1 rings (SSSR count). The number of nitrogens with one attached hydrogen (secondary N) is 1. The lowest BCUT2D eigenvalue weighted by molar-refractivity contribution is 0.801. The van der Waals surface area contributed by atoms with Gasteiger partial charge in [0.15, 0.2) is 5.43 Å². The second-order valence-electron chi connectivity index (χ2n) is 2.38. The largest absolute Gasteiger partial charge is 0.366 e. The average Bonchev–Trinajstić information content (AvgIpc) is 1.94. The van der Waals surface area contributed by atoms with E-state index in [4.69, 9.17) is 5.73 Å². The molecule has 0 radical (unpaired) electrons. The zero-order chi connectivity index (χ0) is 8.43. The van der Waals surface area contributed by atoms with Crippen LogP contribution in [0.4, 0.5) is 0 Å². The maximum atomic E-state index is 11.3. The van der Waals surface area contributed by atoms with Gasteiger partial charge in [0.05, 0.1) is 4.47 Å². The van der Waals surface area contributed by atoms with Gasteiger partial charge in [0.25, 0.3) is 0 Å². The highest BCUT2D eigenvalue weighted by Gasteiger charge is 2.05. The van der Waals surface area contributed by atoms with Crippen molar-refractivity contribution >= 4 is 15.9 Å². The van der Waals surface area contributed by atoms with E-state index in [0.717, 1.165) is 0 Å². The Morgan fingerprint density at radius 1 is 1.64 bits per heavy atom. The standard InChI is InChI=1S/C7H9BrN2O/c1-4(9)5-2-10-3-6(8)7(5)11/h2-4H,9H2,1H3,(H,10,11). The molecule has 3 nitrogen and oxygen atoms in total. The van der Waals surface area contributed by atoms with Crippen LogP contribution in [0, 0.1) is 0 Å². The van der Waals surface area contributed by atoms with Gasteiger partial charge in [-0.3, -0.25) is 4.79 Å². The molecule has 0 aromatic carbocycles. The lowest BCUT2D eigenvalue weighted by atomic mass is 10.1. The monoisotopic (exact) mass is 216 g/mol. The quantitative estimate of drug-likeness (QED) is 0.741. The Balaban J connectivity index is 3.28. The first-order chi connectivity index (χ1) is 5.13. The van der Waals surface area contributed by atoms with E-state index in [9.17, 15) is 4.79 Å². The molecule has 1 heterocycles. The minimum absolute atomic E-state index is 0.0428. The SMILES string of the molecule is CC(N)c1c[nH]cc(Br)c1=O. The number of H-pyrrole nitrogens is 1. The highest BCUT2D eigenvalue weighted by molar-refractivity contribution is 9.10. The second-order valence-corrected chi connectivity index (χ2v) is 3.23. The molecule has 1 aromatic rings. The van der Waals surface area contributed by atoms with Crippen molar-refractivity contribution < 1.29 is 0 Å². The number of pyridine rings is 1. The average molecular weight is 217 g/mol. The van der Waals surface area contributed by atoms with E-state index in [2.05, 4.69) is 20.9 Å². The van der Waals surface area contributed by atoms with E-state index in [1.807, 2.05) is 0 Å². The lowest BCUT2D eigenvalue weighted by Gasteiger charge is -2.02. The fourth-order valence-corrected chi connectivity index (χ4v) is 1.17. The number of hydrogen-bond acceptors (Lipinski definition) is 2. The van der Waals surface area contributed by atoms with Gasteiger partial charge >= 0.3 is 0 Å². The summed E-state index contributed by atoms with van der Waals surface area (Å²) in [4.78, 5) is 14.1. The van der Waals surface area contributed by atoms with Crippen LogP contribution in [0.5, 0.6) is 0 Å². The second kappa shape index (κ2) is 3.19. The van der Waals surface area contributed by atoms with Gasteiger partial charge in [0, 0.05) is 24.0 Å². The molecular weight excluding hydrogens is 208 g/mol. The van der Waals surface area contributed by atoms with E-state index >= 15 is 0 Å². The lowest BCUT2D eigenvalue weighted by Crippen LogP contribution is -2.17. The molecule has 0 aliphatic heterocycles. The van der Waals surface area contributed by atoms with Gasteiger partial charge in [-0.05, 0) is 22.9 Å². The third kappa shape index (κ3) is 1.70. The molecule has 11 heavy (non-hydrogen) atoms. The van der Waals surface area contributed by atoms with Crippen molar-refractivity contribution in [3.8, 4) is 0 Å². The summed E-state index contributed by atoms with van der Waals surface area (Å²) < 4.78 is 0.521. The first kappa shape index (κ1) is 8.49. The molecule has 0 amide bonds. The molecule has 60 valence electrons. The Morgan fingerprint density at radius 2 is 2.27 bits per heavy atom. The summed E-state index contributed by atoms with van der Waals surface area (Å²) in [5.74, 6) is 0. The topological polar surface area (TPSA) is 58.9 Å². The Kier molecular flexibility index (Phi) is 2.46. The van der Waals surface area contributed by atoms with Crippen LogP contribution in [0.1, 0.15) is 18.5 Å². The molecule has 1 aromatic heterocycles. The molecular formula is C7H9BrN2O. The van der Waals surface area contributed by atoms with Crippen LogP contribution in [0.3, 0.4) is 0 Å². The van der Waals surface area contributed by atoms with Crippen LogP contribution >= 0.6 is 15.9 Å². The molecule has 0 aliphatic rings. The van der Waals surface area contributed by atoms with Gasteiger partial charge in [0.2, 0.25) is 0 Å². The summed E-state index contributed by atoms with van der Waals surface area (Å²) in [6.07, 6.45) is 3.21. The molecule has 0 saturated heterocycles. The maximum Gasteiger partial charge on any atom is 0.200 e. The van der Waals surface area contributed by atoms with Crippen LogP contribution < -0.4 is 11.2 Å². The normalized spacial score (nSPS) is 13.0. The summed E-state index contributed by atoms with van der Waals surface area (Å²) in [5.41, 5.74) is 6.10. The Bertz CT molecular complexity index is 306. The summed E-state index contributed by atoms with van der Waals surface area (Å²) in [5, 5.41) is 0. The number of aromatic nitrogens is 1. The van der Waals surface area contributed by atoms with Crippen LogP contribution in [0.25, 0.3) is 0 Å². The zero-order valence-electron chi connectivity index (χ0n) is 6.10. The highest BCUT2D eigenvalue weighted by atomic mass is 79.9. The summed E-state index contributed by atoms with van der Waals surface area (Å²) in [6, 6.07) is -0.226. The van der Waals surface area contributed by atoms with E-state index in [0.29, 0.717) is 10.0 Å². The van der Waals surface area contributed by atoms with Crippen LogP contribution in [0.15, 0.2) is 21.7 Å². The number of rotatable bonds is 1. The fraction of sp³-hybridized carbons (Fsp3) is 0.286. The van der Waals surface area contributed by atoms with Crippen molar-refractivity contribution in [2.75, 3.05) is 0 Å². The fourth-order valence-electron chi connectivity index (χ4n) is 0.812. The van der Waals surface area contributed by atoms with Crippen molar-refractivity contribution in [3.05, 3.63) is 32.7 Å². The molecule has 0 spiro atoms. The number of hydrogen-bond donors (Lipinski definition) is 2. The van der Waals surface area contributed by atoms with Crippen LogP contribution in [-0.2, 0) is 0 Å². The van der Waals surface area contributed by atoms with Gasteiger partial charge < -0.3 is 10.7 Å². The van der Waals surface area contributed by atoms with Crippen molar-refractivity contribution in [1.82, 2.24) is 4.98 Å². The van der Waals surface area contributed by atoms with E-state index in [-0.39, 0.29) is 11.5 Å². The van der Waals surface area contributed by atoms with Crippen molar-refractivity contribution in [2.24, 2.45) is 5.73 Å². The molecule has 1 unspecified atom stereocenters. The van der Waals surface area contributed by atoms with Crippen molar-refractivity contribution in [2.45, 2.75) is 13.0 Å². The summed E-state index contributed by atoms with van der Waals surface area (Å²) in [6.45, 7) is 1.77. The van der Waals surface area contributed by atoms with E-state index in [1.54, 1.807) is 19.3 Å². The zero-order valence-corrected chi connectivity index (χ0v) is 7.68. The predicted molar refractivity (Wildman–Crippen MR) is 47.4 cm³/mol. The van der Waals surface area contributed by atoms with Gasteiger partial charge in [-0.15, -0.1) is 0 Å². The number of aromatic amines is 1. The van der Waals surface area contributed by atoms with Crippen LogP contribution in [-0.4, -0.2) is 4.98 Å². The van der Waals surface area contributed by atoms with Gasteiger partial charge in [-0.1, -0.05) is 0 Å². The Labute approximate surface area is 72.7 Å². The minimum Gasteiger partial charge on any atom is -0.366 e. The number of nitrogens with two attached hydrogens (primary N) is 1. The number of halogens is 1. The molecule has 0 aliphatic carbocycles. The van der Waals surface area contributed by atoms with Crippen molar-refractivity contribution in [1.29, 1.82) is 0 Å². The van der Waals surface area contributed by atoms with E-state index < -0.39 is 0 Å². The first-order valence-electron chi connectivity index (χ1n) is 3.25. The summed E-state index contributed by atoms with van der Waals surface area (Å²) >= 11 is 3.12. The van der Waals surface area contributed by atoms with Gasteiger partial charge in [-0.25, -0.2) is 0 Å². The third-order valence-corrected chi connectivity index (χ3v) is 2.01.